The van der Waals surface area contributed by atoms with Crippen LogP contribution in [0.15, 0.2) is 30.3 Å². The van der Waals surface area contributed by atoms with Crippen molar-refractivity contribution in [3.63, 3.8) is 0 Å². The summed E-state index contributed by atoms with van der Waals surface area (Å²) in [7, 11) is -10.2. The molecule has 14 nitrogen and oxygen atoms in total. The number of nitrogens with zero attached hydrogens (tertiary/aromatic N) is 1. The molecule has 0 aliphatic carbocycles. The molecule has 2 aromatic rings. The maximum Gasteiger partial charge on any atom is 0.340 e. The zero-order chi connectivity index (χ0) is 30.5. The smallest absolute Gasteiger partial charge is 0.340 e. The van der Waals surface area contributed by atoms with E-state index in [1.165, 1.54) is 22.7 Å². The van der Waals surface area contributed by atoms with Crippen molar-refractivity contribution in [3.05, 3.63) is 35.9 Å². The number of aliphatic carboxylic acids is 1. The molecular formula is C24H31N3O11P2S. The summed E-state index contributed by atoms with van der Waals surface area (Å²) in [5, 5.41) is 13.5. The van der Waals surface area contributed by atoms with Crippen LogP contribution in [0.1, 0.15) is 37.6 Å². The standard InChI is InChI=1S/C24H31N3O11P2S/c1-4-38-15-11-14(25-10-9-16(39(32,33)34)40(35,36)37)12-7-5-6-8-13(12)17(15)20(28)26-18-21(29)27-19(23(30)31)24(2,3)41-22(18)27/h5-8,11,16,18-19,22,25H,4,9-10H2,1-3H3,(H,26,28)(H,30,31)(H2,32,33,34)(H2,35,36,37). The number of benzene rings is 2. The minimum atomic E-state index is -5.10. The molecule has 0 bridgehead atoms. The molecule has 2 aliphatic heterocycles. The van der Waals surface area contributed by atoms with Gasteiger partial charge in [0, 0.05) is 33.8 Å². The Kier molecular flexibility index (Phi) is 8.56. The van der Waals surface area contributed by atoms with Crippen LogP contribution in [0.5, 0.6) is 5.75 Å². The molecule has 0 saturated carbocycles. The van der Waals surface area contributed by atoms with Crippen molar-refractivity contribution < 1.29 is 52.9 Å². The third-order valence-corrected chi connectivity index (χ3v) is 12.4. The molecule has 17 heteroatoms. The summed E-state index contributed by atoms with van der Waals surface area (Å²) >= 11 is 1.30. The zero-order valence-corrected chi connectivity index (χ0v) is 24.9. The van der Waals surface area contributed by atoms with E-state index in [4.69, 9.17) is 4.74 Å². The molecule has 2 fully saturated rings. The second-order valence-electron chi connectivity index (χ2n) is 10.2. The van der Waals surface area contributed by atoms with Crippen molar-refractivity contribution in [3.8, 4) is 5.75 Å². The molecule has 2 aliphatic rings. The monoisotopic (exact) mass is 631 g/mol. The van der Waals surface area contributed by atoms with Crippen LogP contribution in [0.3, 0.4) is 0 Å². The van der Waals surface area contributed by atoms with E-state index in [2.05, 4.69) is 10.6 Å². The van der Waals surface area contributed by atoms with E-state index in [9.17, 15) is 48.2 Å². The number of hydrogen-bond donors (Lipinski definition) is 7. The molecule has 2 aromatic carbocycles. The highest BCUT2D eigenvalue weighted by Crippen LogP contribution is 2.61. The van der Waals surface area contributed by atoms with Crippen molar-refractivity contribution >= 4 is 61.2 Å². The molecule has 3 atom stereocenters. The number of anilines is 1. The number of thioether (sulfide) groups is 1. The van der Waals surface area contributed by atoms with Gasteiger partial charge in [-0.1, -0.05) is 24.3 Å². The number of nitrogens with one attached hydrogen (secondary N) is 2. The number of carboxylic acid groups (broad SMARTS) is 1. The van der Waals surface area contributed by atoms with Crippen LogP contribution in [-0.4, -0.2) is 88.1 Å². The zero-order valence-electron chi connectivity index (χ0n) is 22.3. The van der Waals surface area contributed by atoms with E-state index in [0.717, 1.165) is 0 Å². The minimum absolute atomic E-state index is 0.125. The Morgan fingerprint density at radius 1 is 1.12 bits per heavy atom. The number of hydrogen-bond acceptors (Lipinski definition) is 8. The highest BCUT2D eigenvalue weighted by molar-refractivity contribution is 8.01. The Morgan fingerprint density at radius 2 is 1.73 bits per heavy atom. The molecule has 2 saturated heterocycles. The van der Waals surface area contributed by atoms with Crippen molar-refractivity contribution in [2.45, 2.75) is 54.8 Å². The third-order valence-electron chi connectivity index (χ3n) is 6.99. The lowest BCUT2D eigenvalue weighted by atomic mass is 9.95. The third kappa shape index (κ3) is 5.98. The summed E-state index contributed by atoms with van der Waals surface area (Å²) in [4.78, 5) is 77.3. The molecule has 7 N–H and O–H groups in total. The number of carbonyl (C=O) groups is 3. The van der Waals surface area contributed by atoms with E-state index in [0.29, 0.717) is 16.5 Å². The van der Waals surface area contributed by atoms with Gasteiger partial charge in [0.2, 0.25) is 5.91 Å². The van der Waals surface area contributed by atoms with Gasteiger partial charge >= 0.3 is 21.2 Å². The lowest BCUT2D eigenvalue weighted by Crippen LogP contribution is -2.70. The Hall–Kier alpha value is -2.64. The van der Waals surface area contributed by atoms with Crippen LogP contribution in [-0.2, 0) is 18.7 Å². The van der Waals surface area contributed by atoms with E-state index in [1.807, 2.05) is 0 Å². The second-order valence-corrected chi connectivity index (χ2v) is 16.0. The molecule has 2 heterocycles. The number of amides is 2. The van der Waals surface area contributed by atoms with Crippen LogP contribution in [0.25, 0.3) is 10.8 Å². The number of fused-ring (bicyclic) bond motifs is 2. The van der Waals surface area contributed by atoms with Gasteiger partial charge in [0.05, 0.1) is 12.2 Å². The highest BCUT2D eigenvalue weighted by Gasteiger charge is 2.64. The average Bonchev–Trinajstić information content (AvgIpc) is 3.11. The van der Waals surface area contributed by atoms with Crippen molar-refractivity contribution in [2.24, 2.45) is 0 Å². The van der Waals surface area contributed by atoms with Gasteiger partial charge in [-0.05, 0) is 27.2 Å². The number of ether oxygens (including phenoxy) is 1. The highest BCUT2D eigenvalue weighted by atomic mass is 32.2. The largest absolute Gasteiger partial charge is 0.493 e. The Bertz CT molecular complexity index is 1470. The first-order chi connectivity index (χ1) is 19.0. The lowest BCUT2D eigenvalue weighted by Gasteiger charge is -2.43. The average molecular weight is 632 g/mol. The van der Waals surface area contributed by atoms with Crippen LogP contribution < -0.4 is 15.4 Å². The van der Waals surface area contributed by atoms with Gasteiger partial charge in [-0.3, -0.25) is 18.7 Å². The predicted octanol–water partition coefficient (Wildman–Crippen LogP) is 1.97. The summed E-state index contributed by atoms with van der Waals surface area (Å²) in [6, 6.07) is 6.22. The summed E-state index contributed by atoms with van der Waals surface area (Å²) in [5.74, 6) is -2.10. The van der Waals surface area contributed by atoms with Crippen LogP contribution >= 0.6 is 27.0 Å². The molecule has 224 valence electrons. The van der Waals surface area contributed by atoms with Gasteiger partial charge in [0.15, 0.2) is 5.40 Å². The first-order valence-electron chi connectivity index (χ1n) is 12.6. The van der Waals surface area contributed by atoms with Gasteiger partial charge in [0.25, 0.3) is 5.91 Å². The molecule has 3 unspecified atom stereocenters. The van der Waals surface area contributed by atoms with Crippen LogP contribution in [0, 0.1) is 0 Å². The van der Waals surface area contributed by atoms with Gasteiger partial charge in [-0.15, -0.1) is 11.8 Å². The fraction of sp³-hybridized carbons (Fsp3) is 0.458. The second kappa shape index (κ2) is 11.2. The molecular weight excluding hydrogens is 600 g/mol. The first-order valence-corrected chi connectivity index (χ1v) is 16.8. The molecule has 2 amide bonds. The molecule has 0 radical (unpaired) electrons. The quantitative estimate of drug-likeness (QED) is 0.139. The number of β-lactam (4-membered cyclic amide) rings is 1. The molecule has 0 aromatic heterocycles. The van der Waals surface area contributed by atoms with E-state index in [1.54, 1.807) is 45.0 Å². The maximum absolute atomic E-state index is 13.6. The van der Waals surface area contributed by atoms with Gasteiger partial charge < -0.3 is 45.0 Å². The topological polar surface area (TPSA) is 223 Å². The van der Waals surface area contributed by atoms with E-state index < -0.39 is 67.0 Å². The number of rotatable bonds is 11. The Morgan fingerprint density at radius 3 is 2.29 bits per heavy atom. The van der Waals surface area contributed by atoms with Gasteiger partial charge in [-0.2, -0.15) is 0 Å². The predicted molar refractivity (Wildman–Crippen MR) is 151 cm³/mol. The van der Waals surface area contributed by atoms with Gasteiger partial charge in [-0.25, -0.2) is 4.79 Å². The van der Waals surface area contributed by atoms with Crippen LogP contribution in [0.4, 0.5) is 5.69 Å². The maximum atomic E-state index is 13.6. The summed E-state index contributed by atoms with van der Waals surface area (Å²) in [5.41, 5.74) is 0.513. The van der Waals surface area contributed by atoms with E-state index in [-0.39, 0.29) is 24.5 Å². The number of carboxylic acids is 1. The van der Waals surface area contributed by atoms with Crippen molar-refractivity contribution in [1.29, 1.82) is 0 Å². The summed E-state index contributed by atoms with van der Waals surface area (Å²) < 4.78 is 28.3. The SMILES string of the molecule is CCOc1cc(NCCC(P(=O)(O)O)P(=O)(O)O)c2ccccc2c1C(=O)NC1C(=O)N2C1SC(C)(C)C2C(=O)O. The Labute approximate surface area is 239 Å². The summed E-state index contributed by atoms with van der Waals surface area (Å²) in [6.45, 7) is 5.11. The Balaban J connectivity index is 1.62. The molecule has 41 heavy (non-hydrogen) atoms. The first kappa shape index (κ1) is 31.3. The molecule has 4 rings (SSSR count). The normalized spacial score (nSPS) is 21.9. The van der Waals surface area contributed by atoms with Crippen LogP contribution in [0.2, 0.25) is 0 Å². The fourth-order valence-corrected chi connectivity index (χ4v) is 9.35. The molecule has 0 spiro atoms. The lowest BCUT2D eigenvalue weighted by molar-refractivity contribution is -0.159. The minimum Gasteiger partial charge on any atom is -0.493 e. The van der Waals surface area contributed by atoms with Crippen molar-refractivity contribution in [2.75, 3.05) is 18.5 Å². The number of carbonyl (C=O) groups excluding carboxylic acids is 2. The van der Waals surface area contributed by atoms with E-state index >= 15 is 0 Å². The fourth-order valence-electron chi connectivity index (χ4n) is 5.23. The van der Waals surface area contributed by atoms with Gasteiger partial charge in [0.1, 0.15) is 23.2 Å². The van der Waals surface area contributed by atoms with Crippen molar-refractivity contribution in [1.82, 2.24) is 10.2 Å². The summed E-state index contributed by atoms with van der Waals surface area (Å²) in [6.07, 6.45) is -0.540.